The smallest absolute Gasteiger partial charge is 0.0669 e. The number of hydrogen-bond donors (Lipinski definition) is 1. The molecular formula is C16H22BrN3. The van der Waals surface area contributed by atoms with Gasteiger partial charge in [0.15, 0.2) is 0 Å². The Hall–Kier alpha value is -1.13. The van der Waals surface area contributed by atoms with Crippen LogP contribution in [0.15, 0.2) is 34.9 Å². The molecule has 0 aliphatic rings. The van der Waals surface area contributed by atoms with Gasteiger partial charge in [0.2, 0.25) is 0 Å². The molecule has 2 rings (SSSR count). The highest BCUT2D eigenvalue weighted by atomic mass is 79.9. The van der Waals surface area contributed by atoms with Gasteiger partial charge in [0, 0.05) is 29.3 Å². The van der Waals surface area contributed by atoms with Crippen molar-refractivity contribution in [2.45, 2.75) is 32.7 Å². The number of halogens is 1. The summed E-state index contributed by atoms with van der Waals surface area (Å²) in [5, 5.41) is 8.15. The molecule has 0 aliphatic heterocycles. The average molecular weight is 336 g/mol. The molecule has 0 radical (unpaired) electrons. The molecular weight excluding hydrogens is 314 g/mol. The van der Waals surface area contributed by atoms with E-state index in [-0.39, 0.29) is 0 Å². The number of nitrogens with one attached hydrogen (secondary N) is 1. The van der Waals surface area contributed by atoms with Crippen LogP contribution in [0, 0.1) is 0 Å². The molecule has 1 N–H and O–H groups in total. The van der Waals surface area contributed by atoms with E-state index in [1.54, 1.807) is 0 Å². The van der Waals surface area contributed by atoms with Crippen molar-refractivity contribution >= 4 is 15.9 Å². The van der Waals surface area contributed by atoms with Crippen molar-refractivity contribution in [2.75, 3.05) is 6.54 Å². The largest absolute Gasteiger partial charge is 0.310 e. The van der Waals surface area contributed by atoms with Gasteiger partial charge >= 0.3 is 0 Å². The summed E-state index contributed by atoms with van der Waals surface area (Å²) < 4.78 is 3.05. The van der Waals surface area contributed by atoms with Crippen LogP contribution in [0.2, 0.25) is 0 Å². The normalized spacial score (nSPS) is 12.6. The van der Waals surface area contributed by atoms with E-state index in [4.69, 9.17) is 0 Å². The molecule has 0 aliphatic carbocycles. The third kappa shape index (κ3) is 3.70. The predicted molar refractivity (Wildman–Crippen MR) is 86.8 cm³/mol. The molecule has 1 aromatic heterocycles. The number of benzene rings is 1. The Bertz CT molecular complexity index is 563. The Morgan fingerprint density at radius 2 is 2.15 bits per heavy atom. The van der Waals surface area contributed by atoms with E-state index in [9.17, 15) is 0 Å². The van der Waals surface area contributed by atoms with Crippen molar-refractivity contribution in [1.82, 2.24) is 15.1 Å². The molecule has 20 heavy (non-hydrogen) atoms. The van der Waals surface area contributed by atoms with Crippen molar-refractivity contribution in [3.8, 4) is 0 Å². The first-order valence-electron chi connectivity index (χ1n) is 7.14. The summed E-state index contributed by atoms with van der Waals surface area (Å²) in [4.78, 5) is 0. The van der Waals surface area contributed by atoms with Gasteiger partial charge in [-0.2, -0.15) is 5.10 Å². The summed E-state index contributed by atoms with van der Waals surface area (Å²) in [6.07, 6.45) is 4.09. The SMILES string of the molecule is CCNC(Cc1cccc(Br)c1)c1cn(C)nc1CC. The van der Waals surface area contributed by atoms with E-state index in [2.05, 4.69) is 70.7 Å². The second-order valence-corrected chi connectivity index (χ2v) is 5.92. The van der Waals surface area contributed by atoms with Crippen LogP contribution in [0.25, 0.3) is 0 Å². The summed E-state index contributed by atoms with van der Waals surface area (Å²) in [6.45, 7) is 5.26. The second-order valence-electron chi connectivity index (χ2n) is 5.00. The maximum absolute atomic E-state index is 4.56. The van der Waals surface area contributed by atoms with E-state index in [0.29, 0.717) is 6.04 Å². The van der Waals surface area contributed by atoms with Gasteiger partial charge in [0.05, 0.1) is 5.69 Å². The molecule has 0 saturated carbocycles. The summed E-state index contributed by atoms with van der Waals surface area (Å²) in [5.41, 5.74) is 3.83. The Morgan fingerprint density at radius 3 is 2.80 bits per heavy atom. The first-order chi connectivity index (χ1) is 9.63. The number of hydrogen-bond acceptors (Lipinski definition) is 2. The summed E-state index contributed by atoms with van der Waals surface area (Å²) in [6, 6.07) is 8.83. The van der Waals surface area contributed by atoms with Gasteiger partial charge in [0.25, 0.3) is 0 Å². The van der Waals surface area contributed by atoms with Crippen LogP contribution in [-0.4, -0.2) is 16.3 Å². The quantitative estimate of drug-likeness (QED) is 0.873. The lowest BCUT2D eigenvalue weighted by Crippen LogP contribution is -2.23. The highest BCUT2D eigenvalue weighted by molar-refractivity contribution is 9.10. The molecule has 0 amide bonds. The summed E-state index contributed by atoms with van der Waals surface area (Å²) in [7, 11) is 1.99. The van der Waals surface area contributed by atoms with E-state index in [0.717, 1.165) is 23.9 Å². The first-order valence-corrected chi connectivity index (χ1v) is 7.93. The van der Waals surface area contributed by atoms with Crippen molar-refractivity contribution in [2.24, 2.45) is 7.05 Å². The minimum atomic E-state index is 0.318. The van der Waals surface area contributed by atoms with Gasteiger partial charge in [-0.05, 0) is 37.1 Å². The molecule has 0 saturated heterocycles. The maximum Gasteiger partial charge on any atom is 0.0669 e. The minimum Gasteiger partial charge on any atom is -0.310 e. The van der Waals surface area contributed by atoms with Crippen molar-refractivity contribution < 1.29 is 0 Å². The Morgan fingerprint density at radius 1 is 1.35 bits per heavy atom. The van der Waals surface area contributed by atoms with Crippen LogP contribution in [-0.2, 0) is 19.9 Å². The number of aryl methyl sites for hydroxylation is 2. The van der Waals surface area contributed by atoms with Gasteiger partial charge in [0.1, 0.15) is 0 Å². The van der Waals surface area contributed by atoms with E-state index < -0.39 is 0 Å². The van der Waals surface area contributed by atoms with Gasteiger partial charge in [-0.3, -0.25) is 4.68 Å². The van der Waals surface area contributed by atoms with Crippen LogP contribution >= 0.6 is 15.9 Å². The minimum absolute atomic E-state index is 0.318. The number of rotatable bonds is 6. The molecule has 0 spiro atoms. The molecule has 0 bridgehead atoms. The van der Waals surface area contributed by atoms with Crippen molar-refractivity contribution in [1.29, 1.82) is 0 Å². The van der Waals surface area contributed by atoms with E-state index in [1.165, 1.54) is 16.8 Å². The van der Waals surface area contributed by atoms with Crippen LogP contribution in [0.4, 0.5) is 0 Å². The van der Waals surface area contributed by atoms with Gasteiger partial charge in [-0.15, -0.1) is 0 Å². The number of aromatic nitrogens is 2. The molecule has 108 valence electrons. The number of likely N-dealkylation sites (N-methyl/N-ethyl adjacent to an activating group) is 1. The molecule has 1 aromatic carbocycles. The standard InChI is InChI=1S/C16H22BrN3/c1-4-15-14(11-20(3)19-15)16(18-5-2)10-12-7-6-8-13(17)9-12/h6-9,11,16,18H,4-5,10H2,1-3H3. The molecule has 1 unspecified atom stereocenters. The molecule has 2 aromatic rings. The van der Waals surface area contributed by atoms with Crippen LogP contribution < -0.4 is 5.32 Å². The first kappa shape index (κ1) is 15.3. The Labute approximate surface area is 129 Å². The monoisotopic (exact) mass is 335 g/mol. The molecule has 4 heteroatoms. The van der Waals surface area contributed by atoms with Gasteiger partial charge in [-0.25, -0.2) is 0 Å². The third-order valence-corrected chi connectivity index (χ3v) is 3.92. The highest BCUT2D eigenvalue weighted by Gasteiger charge is 2.17. The second kappa shape index (κ2) is 7.04. The lowest BCUT2D eigenvalue weighted by molar-refractivity contribution is 0.545. The average Bonchev–Trinajstić information content (AvgIpc) is 2.79. The number of nitrogens with zero attached hydrogens (tertiary/aromatic N) is 2. The van der Waals surface area contributed by atoms with E-state index in [1.807, 2.05) is 11.7 Å². The van der Waals surface area contributed by atoms with Gasteiger partial charge in [-0.1, -0.05) is 41.9 Å². The fraction of sp³-hybridized carbons (Fsp3) is 0.438. The van der Waals surface area contributed by atoms with Crippen LogP contribution in [0.3, 0.4) is 0 Å². The predicted octanol–water partition coefficient (Wildman–Crippen LogP) is 3.64. The lowest BCUT2D eigenvalue weighted by atomic mass is 9.98. The van der Waals surface area contributed by atoms with Crippen molar-refractivity contribution in [3.63, 3.8) is 0 Å². The topological polar surface area (TPSA) is 29.9 Å². The van der Waals surface area contributed by atoms with Crippen LogP contribution in [0.5, 0.6) is 0 Å². The summed E-state index contributed by atoms with van der Waals surface area (Å²) in [5.74, 6) is 0. The zero-order chi connectivity index (χ0) is 14.5. The zero-order valence-corrected chi connectivity index (χ0v) is 13.9. The fourth-order valence-electron chi connectivity index (χ4n) is 2.56. The van der Waals surface area contributed by atoms with Gasteiger partial charge < -0.3 is 5.32 Å². The van der Waals surface area contributed by atoms with E-state index >= 15 is 0 Å². The molecule has 0 fully saturated rings. The molecule has 1 heterocycles. The third-order valence-electron chi connectivity index (χ3n) is 3.43. The fourth-order valence-corrected chi connectivity index (χ4v) is 3.00. The molecule has 3 nitrogen and oxygen atoms in total. The van der Waals surface area contributed by atoms with Crippen molar-refractivity contribution in [3.05, 3.63) is 51.8 Å². The maximum atomic E-state index is 4.56. The summed E-state index contributed by atoms with van der Waals surface area (Å²) >= 11 is 3.54. The zero-order valence-electron chi connectivity index (χ0n) is 12.4. The Kier molecular flexibility index (Phi) is 5.38. The lowest BCUT2D eigenvalue weighted by Gasteiger charge is -2.18. The van der Waals surface area contributed by atoms with Crippen LogP contribution in [0.1, 0.15) is 36.7 Å². The molecule has 1 atom stereocenters. The highest BCUT2D eigenvalue weighted by Crippen LogP contribution is 2.23. The Balaban J connectivity index is 2.26.